The van der Waals surface area contributed by atoms with Gasteiger partial charge in [0.05, 0.1) is 22.2 Å². The summed E-state index contributed by atoms with van der Waals surface area (Å²) >= 11 is 0. The first-order chi connectivity index (χ1) is 17.8. The first kappa shape index (κ1) is 9.82. The Morgan fingerprint density at radius 2 is 2.00 bits per heavy atom. The molecule has 1 saturated heterocycles. The van der Waals surface area contributed by atoms with Crippen LogP contribution in [-0.4, -0.2) is 53.0 Å². The van der Waals surface area contributed by atoms with Crippen molar-refractivity contribution in [2.45, 2.75) is 18.5 Å². The van der Waals surface area contributed by atoms with Crippen LogP contribution >= 0.6 is 0 Å². The van der Waals surface area contributed by atoms with E-state index in [1.54, 1.807) is 0 Å². The Morgan fingerprint density at radius 3 is 2.90 bits per heavy atom. The molecular weight excluding hydrogens is 370 g/mol. The summed E-state index contributed by atoms with van der Waals surface area (Å²) < 4.78 is 87.8. The van der Waals surface area contributed by atoms with Gasteiger partial charge in [0.1, 0.15) is 6.04 Å². The van der Waals surface area contributed by atoms with Gasteiger partial charge in [0, 0.05) is 32.8 Å². The van der Waals surface area contributed by atoms with Crippen molar-refractivity contribution in [1.29, 1.82) is 0 Å². The number of hydrogen-bond donors (Lipinski definition) is 1. The van der Waals surface area contributed by atoms with Crippen molar-refractivity contribution >= 4 is 22.7 Å². The Hall–Kier alpha value is -3.48. The van der Waals surface area contributed by atoms with E-state index in [4.69, 9.17) is 21.8 Å². The van der Waals surface area contributed by atoms with Crippen molar-refractivity contribution in [1.82, 2.24) is 14.8 Å². The fourth-order valence-electron chi connectivity index (χ4n) is 3.98. The summed E-state index contributed by atoms with van der Waals surface area (Å²) in [6, 6.07) is -6.78. The molecule has 3 aromatic rings. The number of benzene rings is 2. The number of nitrogens with one attached hydrogen (secondary N) is 1. The van der Waals surface area contributed by atoms with Crippen LogP contribution in [-0.2, 0) is 16.0 Å². The Bertz CT molecular complexity index is 1620. The second-order valence-corrected chi connectivity index (χ2v) is 6.96. The fourth-order valence-corrected chi connectivity index (χ4v) is 3.98. The summed E-state index contributed by atoms with van der Waals surface area (Å²) in [5, 5.41) is -0.195. The number of aromatic amines is 1. The van der Waals surface area contributed by atoms with Crippen molar-refractivity contribution < 1.29 is 31.4 Å². The minimum absolute atomic E-state index is 0.112. The molecule has 1 fully saturated rings. The van der Waals surface area contributed by atoms with Crippen LogP contribution in [0.5, 0.6) is 11.5 Å². The number of carbonyl (C=O) groups excluding carboxylic acids is 2. The van der Waals surface area contributed by atoms with E-state index in [1.807, 2.05) is 0 Å². The van der Waals surface area contributed by atoms with Crippen LogP contribution in [0.15, 0.2) is 42.3 Å². The van der Waals surface area contributed by atoms with Gasteiger partial charge in [-0.3, -0.25) is 9.59 Å². The molecule has 0 saturated carbocycles. The smallest absolute Gasteiger partial charge is 0.245 e. The molecule has 146 valence electrons. The number of nitrogens with zero attached hydrogens (tertiary/aromatic N) is 2. The number of rotatable bonds is 1. The normalized spacial score (nSPS) is 28.9. The van der Waals surface area contributed by atoms with E-state index in [0.717, 1.165) is 9.80 Å². The summed E-state index contributed by atoms with van der Waals surface area (Å²) in [4.78, 5) is 31.7. The Labute approximate surface area is 179 Å². The van der Waals surface area contributed by atoms with Crippen LogP contribution in [0, 0.1) is 0 Å². The van der Waals surface area contributed by atoms with Crippen LogP contribution < -0.4 is 9.47 Å². The Balaban J connectivity index is 1.79. The van der Waals surface area contributed by atoms with Crippen molar-refractivity contribution in [2.75, 3.05) is 20.4 Å². The van der Waals surface area contributed by atoms with Gasteiger partial charge >= 0.3 is 0 Å². The molecule has 4 heterocycles. The lowest BCUT2D eigenvalue weighted by molar-refractivity contribution is -0.157. The van der Waals surface area contributed by atoms with Gasteiger partial charge in [0.2, 0.25) is 18.6 Å². The molecule has 0 spiro atoms. The zero-order valence-corrected chi connectivity index (χ0v) is 15.1. The maximum absolute atomic E-state index is 13.5. The highest BCUT2D eigenvalue weighted by molar-refractivity contribution is 5.97. The molecule has 0 radical (unpaired) electrons. The number of fused-ring (bicyclic) bond motifs is 5. The molecule has 7 nitrogen and oxygen atoms in total. The fraction of sp³-hybridized carbons (Fsp3) is 0.273. The number of ether oxygens (including phenoxy) is 2. The molecule has 7 heteroatoms. The topological polar surface area (TPSA) is 74.9 Å². The molecule has 29 heavy (non-hydrogen) atoms. The number of aromatic nitrogens is 1. The van der Waals surface area contributed by atoms with Gasteiger partial charge in [-0.1, -0.05) is 24.2 Å². The molecular formula is C22H19N3O4. The average molecular weight is 398 g/mol. The third kappa shape index (κ3) is 2.24. The molecule has 3 aliphatic heterocycles. The zero-order chi connectivity index (χ0) is 27.6. The highest BCUT2D eigenvalue weighted by Crippen LogP contribution is 2.44. The maximum Gasteiger partial charge on any atom is 0.245 e. The van der Waals surface area contributed by atoms with Gasteiger partial charge in [0.15, 0.2) is 11.5 Å². The molecule has 3 aliphatic rings. The lowest BCUT2D eigenvalue weighted by Crippen LogP contribution is -2.62. The highest BCUT2D eigenvalue weighted by atomic mass is 16.7. The summed E-state index contributed by atoms with van der Waals surface area (Å²) in [6.07, 6.45) is -2.63. The van der Waals surface area contributed by atoms with Crippen LogP contribution in [0.3, 0.4) is 0 Å². The van der Waals surface area contributed by atoms with Crippen LogP contribution in [0.25, 0.3) is 10.9 Å². The third-order valence-electron chi connectivity index (χ3n) is 5.29. The lowest BCUT2D eigenvalue weighted by Gasteiger charge is -2.46. The summed E-state index contributed by atoms with van der Waals surface area (Å²) in [7, 11) is 1.34. The van der Waals surface area contributed by atoms with Gasteiger partial charge in [-0.25, -0.2) is 0 Å². The monoisotopic (exact) mass is 398 g/mol. The van der Waals surface area contributed by atoms with Crippen LogP contribution in [0.1, 0.15) is 35.2 Å². The van der Waals surface area contributed by atoms with Crippen molar-refractivity contribution in [3.63, 3.8) is 0 Å². The number of carbonyl (C=O) groups is 2. The molecule has 2 aromatic carbocycles. The average Bonchev–Trinajstić information content (AvgIpc) is 3.51. The number of likely N-dealkylation sites (N-methyl/N-ethyl adjacent to an activating group) is 1. The highest BCUT2D eigenvalue weighted by Gasteiger charge is 2.47. The molecule has 1 unspecified atom stereocenters. The van der Waals surface area contributed by atoms with E-state index in [2.05, 4.69) is 4.98 Å². The largest absolute Gasteiger partial charge is 0.454 e. The summed E-state index contributed by atoms with van der Waals surface area (Å²) in [5.74, 6) is -1.70. The maximum atomic E-state index is 13.5. The van der Waals surface area contributed by atoms with Crippen molar-refractivity contribution in [3.8, 4) is 11.5 Å². The van der Waals surface area contributed by atoms with E-state index in [1.165, 1.54) is 7.05 Å². The van der Waals surface area contributed by atoms with Gasteiger partial charge in [0.25, 0.3) is 0 Å². The number of H-pyrrole nitrogens is 1. The zero-order valence-electron chi connectivity index (χ0n) is 24.1. The van der Waals surface area contributed by atoms with Crippen molar-refractivity contribution in [3.05, 3.63) is 59.1 Å². The lowest BCUT2D eigenvalue weighted by atomic mass is 9.86. The second-order valence-electron chi connectivity index (χ2n) is 6.96. The molecule has 2 atom stereocenters. The van der Waals surface area contributed by atoms with Gasteiger partial charge in [-0.2, -0.15) is 0 Å². The minimum Gasteiger partial charge on any atom is -0.454 e. The number of para-hydroxylation sites is 1. The number of piperazine rings is 1. The van der Waals surface area contributed by atoms with Crippen LogP contribution in [0.2, 0.25) is 0 Å². The quantitative estimate of drug-likeness (QED) is 0.682. The van der Waals surface area contributed by atoms with E-state index >= 15 is 0 Å². The molecule has 1 N–H and O–H groups in total. The molecule has 1 aromatic heterocycles. The van der Waals surface area contributed by atoms with E-state index < -0.39 is 79.1 Å². The van der Waals surface area contributed by atoms with Gasteiger partial charge in [-0.05, 0) is 29.3 Å². The standard InChI is InChI=1S/C22H19N3O4/c1-24-10-19(26)25-16(22(24)27)9-14-13-4-2-3-5-15(13)23-20(14)21(25)12-6-7-17-18(8-12)29-11-28-17/h2-8,16,21,23H,9-11H2,1H3/t16-,21?/m1/s1/i2D,3D,4D,5D,6D,7D,8D,9D2. The van der Waals surface area contributed by atoms with E-state index in [-0.39, 0.29) is 46.0 Å². The van der Waals surface area contributed by atoms with E-state index in [9.17, 15) is 9.59 Å². The molecule has 6 rings (SSSR count). The molecule has 0 aliphatic carbocycles. The third-order valence-corrected chi connectivity index (χ3v) is 5.29. The molecule has 0 bridgehead atoms. The Morgan fingerprint density at radius 1 is 1.17 bits per heavy atom. The SMILES string of the molecule is [2H]c1c([2H])c(C2c3[nH]c4c([2H])c([2H])c([2H])c([2H])c4c3C([2H])([2H])[C@@H]3C(=O)N(C)CC(=O)N23)c([2H])c2c1OCO2. The first-order valence-corrected chi connectivity index (χ1v) is 8.88. The summed E-state index contributed by atoms with van der Waals surface area (Å²) in [5.41, 5.74) is -0.759. The summed E-state index contributed by atoms with van der Waals surface area (Å²) in [6.45, 7) is -0.699. The molecule has 2 amide bonds. The predicted octanol–water partition coefficient (Wildman–Crippen LogP) is 2.21. The van der Waals surface area contributed by atoms with Crippen LogP contribution in [0.4, 0.5) is 0 Å². The van der Waals surface area contributed by atoms with Crippen molar-refractivity contribution in [2.24, 2.45) is 0 Å². The second kappa shape index (κ2) is 5.76. The minimum atomic E-state index is -2.63. The van der Waals surface area contributed by atoms with Gasteiger partial charge in [-0.15, -0.1) is 0 Å². The van der Waals surface area contributed by atoms with E-state index in [0.29, 0.717) is 0 Å². The first-order valence-electron chi connectivity index (χ1n) is 13.4. The Kier molecular flexibility index (Phi) is 1.95. The number of hydrogen-bond acceptors (Lipinski definition) is 4. The predicted molar refractivity (Wildman–Crippen MR) is 105 cm³/mol. The number of amides is 2. The van der Waals surface area contributed by atoms with Gasteiger partial charge < -0.3 is 24.3 Å².